The molecule has 3 heterocycles. The number of H-pyrrole nitrogens is 2. The molecule has 3 aromatic rings. The van der Waals surface area contributed by atoms with Crippen LogP contribution >= 0.6 is 0 Å². The van der Waals surface area contributed by atoms with Gasteiger partial charge in [-0.2, -0.15) is 0 Å². The molecule has 0 spiro atoms. The molecule has 0 bridgehead atoms. The van der Waals surface area contributed by atoms with Crippen LogP contribution in [0, 0.1) is 6.92 Å². The Morgan fingerprint density at radius 3 is 3.14 bits per heavy atom. The molecule has 5 heteroatoms. The maximum absolute atomic E-state index is 12.0. The number of aromatic nitrogens is 3. The fourth-order valence-corrected chi connectivity index (χ4v) is 3.28. The molecular weight excluding hydrogens is 276 g/mol. The van der Waals surface area contributed by atoms with Gasteiger partial charge in [-0.25, -0.2) is 4.98 Å². The summed E-state index contributed by atoms with van der Waals surface area (Å²) in [7, 11) is 0. The van der Waals surface area contributed by atoms with Gasteiger partial charge in [-0.1, -0.05) is 12.1 Å². The van der Waals surface area contributed by atoms with Crippen LogP contribution in [0.4, 0.5) is 0 Å². The molecule has 0 fully saturated rings. The number of fused-ring (bicyclic) bond motifs is 2. The lowest BCUT2D eigenvalue weighted by Gasteiger charge is -2.27. The van der Waals surface area contributed by atoms with Crippen LogP contribution in [0.15, 0.2) is 35.3 Å². The van der Waals surface area contributed by atoms with E-state index >= 15 is 0 Å². The van der Waals surface area contributed by atoms with Gasteiger partial charge >= 0.3 is 0 Å². The van der Waals surface area contributed by atoms with Crippen molar-refractivity contribution in [1.29, 1.82) is 0 Å². The van der Waals surface area contributed by atoms with Crippen molar-refractivity contribution in [3.8, 4) is 0 Å². The number of hydrogen-bond acceptors (Lipinski definition) is 3. The third-order valence-corrected chi connectivity index (χ3v) is 4.35. The van der Waals surface area contributed by atoms with Crippen LogP contribution in [0.3, 0.4) is 0 Å². The summed E-state index contributed by atoms with van der Waals surface area (Å²) in [5.74, 6) is 0.693. The first-order valence-corrected chi connectivity index (χ1v) is 7.57. The van der Waals surface area contributed by atoms with Crippen molar-refractivity contribution < 1.29 is 0 Å². The molecule has 4 rings (SSSR count). The van der Waals surface area contributed by atoms with Gasteiger partial charge in [0.15, 0.2) is 0 Å². The highest BCUT2D eigenvalue weighted by molar-refractivity contribution is 5.82. The van der Waals surface area contributed by atoms with Crippen molar-refractivity contribution in [2.24, 2.45) is 0 Å². The van der Waals surface area contributed by atoms with Gasteiger partial charge in [0.1, 0.15) is 5.82 Å². The molecule has 0 saturated carbocycles. The Morgan fingerprint density at radius 1 is 1.32 bits per heavy atom. The lowest BCUT2D eigenvalue weighted by Crippen LogP contribution is -2.35. The molecule has 0 unspecified atom stereocenters. The maximum atomic E-state index is 12.0. The average Bonchev–Trinajstić information content (AvgIpc) is 2.96. The van der Waals surface area contributed by atoms with Crippen LogP contribution in [0.1, 0.15) is 22.6 Å². The molecule has 1 aliphatic rings. The molecule has 0 aliphatic carbocycles. The molecule has 1 aliphatic heterocycles. The van der Waals surface area contributed by atoms with Crippen molar-refractivity contribution >= 4 is 10.9 Å². The highest BCUT2D eigenvalue weighted by Crippen LogP contribution is 2.22. The summed E-state index contributed by atoms with van der Waals surface area (Å²) in [4.78, 5) is 24.9. The van der Waals surface area contributed by atoms with Gasteiger partial charge in [-0.3, -0.25) is 9.69 Å². The lowest BCUT2D eigenvalue weighted by molar-refractivity contribution is 0.241. The quantitative estimate of drug-likeness (QED) is 0.761. The van der Waals surface area contributed by atoms with Crippen molar-refractivity contribution in [3.05, 3.63) is 63.5 Å². The Balaban J connectivity index is 1.63. The molecule has 5 nitrogen and oxygen atoms in total. The van der Waals surface area contributed by atoms with Gasteiger partial charge in [0, 0.05) is 42.3 Å². The minimum Gasteiger partial charge on any atom is -0.361 e. The topological polar surface area (TPSA) is 64.8 Å². The number of aromatic amines is 2. The van der Waals surface area contributed by atoms with Crippen molar-refractivity contribution in [1.82, 2.24) is 19.9 Å². The standard InChI is InChI=1S/C17H18N4O/c1-11-19-16-10-21(8-6-14(16)17(22)20-11)9-12-3-2-4-15-13(12)5-7-18-15/h2-5,7,18H,6,8-10H2,1H3,(H,19,20,22). The van der Waals surface area contributed by atoms with E-state index in [2.05, 4.69) is 44.1 Å². The lowest BCUT2D eigenvalue weighted by atomic mass is 10.0. The predicted octanol–water partition coefficient (Wildman–Crippen LogP) is 2.12. The van der Waals surface area contributed by atoms with E-state index < -0.39 is 0 Å². The largest absolute Gasteiger partial charge is 0.361 e. The van der Waals surface area contributed by atoms with E-state index in [-0.39, 0.29) is 5.56 Å². The van der Waals surface area contributed by atoms with Gasteiger partial charge in [-0.05, 0) is 31.0 Å². The Kier molecular flexibility index (Phi) is 3.08. The third-order valence-electron chi connectivity index (χ3n) is 4.35. The zero-order valence-electron chi connectivity index (χ0n) is 12.5. The first kappa shape index (κ1) is 13.3. The number of nitrogens with zero attached hydrogens (tertiary/aromatic N) is 2. The Labute approximate surface area is 128 Å². The summed E-state index contributed by atoms with van der Waals surface area (Å²) >= 11 is 0. The number of aryl methyl sites for hydroxylation is 1. The van der Waals surface area contributed by atoms with Crippen LogP contribution in [-0.4, -0.2) is 26.4 Å². The molecule has 2 N–H and O–H groups in total. The fourth-order valence-electron chi connectivity index (χ4n) is 3.28. The Bertz CT molecular complexity index is 893. The van der Waals surface area contributed by atoms with E-state index in [0.717, 1.165) is 37.3 Å². The second-order valence-corrected chi connectivity index (χ2v) is 5.89. The van der Waals surface area contributed by atoms with Gasteiger partial charge in [-0.15, -0.1) is 0 Å². The molecular formula is C17H18N4O. The van der Waals surface area contributed by atoms with E-state index in [4.69, 9.17) is 0 Å². The zero-order chi connectivity index (χ0) is 15.1. The maximum Gasteiger partial charge on any atom is 0.254 e. The van der Waals surface area contributed by atoms with Crippen LogP contribution in [-0.2, 0) is 19.5 Å². The Morgan fingerprint density at radius 2 is 2.23 bits per heavy atom. The van der Waals surface area contributed by atoms with Crippen LogP contribution in [0.25, 0.3) is 10.9 Å². The molecule has 0 atom stereocenters. The minimum atomic E-state index is 0.0230. The summed E-state index contributed by atoms with van der Waals surface area (Å²) in [6.07, 6.45) is 2.74. The summed E-state index contributed by atoms with van der Waals surface area (Å²) in [6.45, 7) is 4.34. The Hall–Kier alpha value is -2.40. The van der Waals surface area contributed by atoms with E-state index in [1.54, 1.807) is 0 Å². The summed E-state index contributed by atoms with van der Waals surface area (Å²) in [6, 6.07) is 8.46. The monoisotopic (exact) mass is 294 g/mol. The molecule has 22 heavy (non-hydrogen) atoms. The van der Waals surface area contributed by atoms with Crippen LogP contribution in [0.5, 0.6) is 0 Å². The number of benzene rings is 1. The highest BCUT2D eigenvalue weighted by atomic mass is 16.1. The molecule has 112 valence electrons. The SMILES string of the molecule is Cc1nc2c(c(=O)[nH]1)CCN(Cc1cccc3[nH]ccc13)C2. The highest BCUT2D eigenvalue weighted by Gasteiger charge is 2.21. The summed E-state index contributed by atoms with van der Waals surface area (Å²) < 4.78 is 0. The first-order chi connectivity index (χ1) is 10.7. The van der Waals surface area contributed by atoms with E-state index in [1.807, 2.05) is 13.1 Å². The second kappa shape index (κ2) is 5.10. The van der Waals surface area contributed by atoms with Gasteiger partial charge < -0.3 is 9.97 Å². The molecule has 1 aromatic carbocycles. The van der Waals surface area contributed by atoms with Gasteiger partial charge in [0.05, 0.1) is 5.69 Å². The fraction of sp³-hybridized carbons (Fsp3) is 0.294. The number of hydrogen-bond donors (Lipinski definition) is 2. The molecule has 2 aromatic heterocycles. The van der Waals surface area contributed by atoms with Gasteiger partial charge in [0.2, 0.25) is 0 Å². The summed E-state index contributed by atoms with van der Waals surface area (Å²) in [5, 5.41) is 1.27. The zero-order valence-corrected chi connectivity index (χ0v) is 12.5. The van der Waals surface area contributed by atoms with E-state index in [0.29, 0.717) is 5.82 Å². The van der Waals surface area contributed by atoms with E-state index in [9.17, 15) is 4.79 Å². The molecule has 0 amide bonds. The normalized spacial score (nSPS) is 15.1. The minimum absolute atomic E-state index is 0.0230. The molecule has 0 radical (unpaired) electrons. The van der Waals surface area contributed by atoms with Crippen molar-refractivity contribution in [3.63, 3.8) is 0 Å². The second-order valence-electron chi connectivity index (χ2n) is 5.89. The molecule has 0 saturated heterocycles. The van der Waals surface area contributed by atoms with E-state index in [1.165, 1.54) is 16.5 Å². The van der Waals surface area contributed by atoms with Crippen molar-refractivity contribution in [2.45, 2.75) is 26.4 Å². The van der Waals surface area contributed by atoms with Crippen molar-refractivity contribution in [2.75, 3.05) is 6.54 Å². The summed E-state index contributed by atoms with van der Waals surface area (Å²) in [5.41, 5.74) is 4.27. The van der Waals surface area contributed by atoms with Crippen LogP contribution in [0.2, 0.25) is 0 Å². The van der Waals surface area contributed by atoms with Gasteiger partial charge in [0.25, 0.3) is 5.56 Å². The number of nitrogens with one attached hydrogen (secondary N) is 2. The van der Waals surface area contributed by atoms with Crippen LogP contribution < -0.4 is 5.56 Å². The first-order valence-electron chi connectivity index (χ1n) is 7.57. The predicted molar refractivity (Wildman–Crippen MR) is 85.7 cm³/mol. The average molecular weight is 294 g/mol. The smallest absolute Gasteiger partial charge is 0.254 e. The number of rotatable bonds is 2. The third kappa shape index (κ3) is 2.23.